The lowest BCUT2D eigenvalue weighted by Gasteiger charge is -2.10. The molecule has 0 aliphatic carbocycles. The standard InChI is InChI=1S/C24H21F2N/c1-2-3-4-5-17-6-10-19(11-7-17)21-14-15-22(24(26)23(21)25)20-12-8-18(16-27)9-13-20/h6-15H,2-5H2,1H3. The first-order valence-electron chi connectivity index (χ1n) is 9.22. The topological polar surface area (TPSA) is 23.8 Å². The third-order valence-electron chi connectivity index (χ3n) is 4.74. The molecule has 1 nitrogen and oxygen atoms in total. The molecule has 0 aliphatic rings. The molecule has 0 amide bonds. The van der Waals surface area contributed by atoms with Gasteiger partial charge in [0.25, 0.3) is 0 Å². The van der Waals surface area contributed by atoms with Crippen LogP contribution in [0.1, 0.15) is 37.3 Å². The highest BCUT2D eigenvalue weighted by molar-refractivity contribution is 5.72. The van der Waals surface area contributed by atoms with E-state index in [-0.39, 0.29) is 11.1 Å². The first kappa shape index (κ1) is 18.8. The third kappa shape index (κ3) is 4.23. The van der Waals surface area contributed by atoms with Crippen molar-refractivity contribution < 1.29 is 8.78 Å². The number of unbranched alkanes of at least 4 members (excludes halogenated alkanes) is 2. The highest BCUT2D eigenvalue weighted by atomic mass is 19.2. The zero-order valence-corrected chi connectivity index (χ0v) is 15.3. The molecule has 0 saturated heterocycles. The Balaban J connectivity index is 1.87. The lowest BCUT2D eigenvalue weighted by atomic mass is 9.97. The number of benzene rings is 3. The van der Waals surface area contributed by atoms with E-state index in [1.165, 1.54) is 18.4 Å². The smallest absolute Gasteiger partial charge is 0.167 e. The number of hydrogen-bond acceptors (Lipinski definition) is 1. The van der Waals surface area contributed by atoms with Crippen LogP contribution in [0.3, 0.4) is 0 Å². The van der Waals surface area contributed by atoms with Crippen LogP contribution >= 0.6 is 0 Å². The van der Waals surface area contributed by atoms with Crippen molar-refractivity contribution in [3.05, 3.63) is 83.4 Å². The molecule has 0 heterocycles. The van der Waals surface area contributed by atoms with E-state index in [1.54, 1.807) is 36.4 Å². The summed E-state index contributed by atoms with van der Waals surface area (Å²) in [6.45, 7) is 2.17. The Kier molecular flexibility index (Phi) is 5.98. The number of nitrogens with zero attached hydrogens (tertiary/aromatic N) is 1. The van der Waals surface area contributed by atoms with Crippen LogP contribution in [0.5, 0.6) is 0 Å². The summed E-state index contributed by atoms with van der Waals surface area (Å²) in [5.74, 6) is -1.72. The van der Waals surface area contributed by atoms with Gasteiger partial charge in [-0.15, -0.1) is 0 Å². The molecule has 0 aliphatic heterocycles. The summed E-state index contributed by atoms with van der Waals surface area (Å²) in [5.41, 5.74) is 3.35. The minimum absolute atomic E-state index is 0.192. The molecule has 0 bridgehead atoms. The van der Waals surface area contributed by atoms with Crippen molar-refractivity contribution in [3.8, 4) is 28.3 Å². The Morgan fingerprint density at radius 2 is 1.26 bits per heavy atom. The molecule has 0 unspecified atom stereocenters. The molecule has 136 valence electrons. The number of rotatable bonds is 6. The van der Waals surface area contributed by atoms with E-state index in [1.807, 2.05) is 30.3 Å². The van der Waals surface area contributed by atoms with E-state index >= 15 is 0 Å². The molecule has 0 radical (unpaired) electrons. The van der Waals surface area contributed by atoms with Crippen LogP contribution in [0.2, 0.25) is 0 Å². The maximum Gasteiger partial charge on any atom is 0.167 e. The number of halogens is 2. The summed E-state index contributed by atoms with van der Waals surface area (Å²) < 4.78 is 29.4. The number of aryl methyl sites for hydroxylation is 1. The first-order chi connectivity index (χ1) is 13.1. The van der Waals surface area contributed by atoms with E-state index in [0.29, 0.717) is 16.7 Å². The van der Waals surface area contributed by atoms with Crippen molar-refractivity contribution in [2.75, 3.05) is 0 Å². The molecule has 3 rings (SSSR count). The van der Waals surface area contributed by atoms with Crippen molar-refractivity contribution in [1.82, 2.24) is 0 Å². The van der Waals surface area contributed by atoms with Crippen LogP contribution in [-0.2, 0) is 6.42 Å². The number of nitriles is 1. The monoisotopic (exact) mass is 361 g/mol. The van der Waals surface area contributed by atoms with E-state index in [2.05, 4.69) is 6.92 Å². The molecule has 27 heavy (non-hydrogen) atoms. The maximum absolute atomic E-state index is 14.7. The molecular formula is C24H21F2N. The second-order valence-corrected chi connectivity index (χ2v) is 6.63. The maximum atomic E-state index is 14.7. The van der Waals surface area contributed by atoms with Crippen LogP contribution < -0.4 is 0 Å². The van der Waals surface area contributed by atoms with Gasteiger partial charge in [-0.3, -0.25) is 0 Å². The van der Waals surface area contributed by atoms with Crippen LogP contribution in [0.15, 0.2) is 60.7 Å². The molecule has 3 heteroatoms. The van der Waals surface area contributed by atoms with Crippen molar-refractivity contribution in [1.29, 1.82) is 5.26 Å². The highest BCUT2D eigenvalue weighted by Gasteiger charge is 2.16. The van der Waals surface area contributed by atoms with E-state index < -0.39 is 11.6 Å². The van der Waals surface area contributed by atoms with Gasteiger partial charge in [-0.05, 0) is 41.7 Å². The fourth-order valence-electron chi connectivity index (χ4n) is 3.15. The van der Waals surface area contributed by atoms with Gasteiger partial charge in [0.2, 0.25) is 0 Å². The predicted octanol–water partition coefficient (Wildman–Crippen LogP) is 6.90. The second kappa shape index (κ2) is 8.60. The van der Waals surface area contributed by atoms with Gasteiger partial charge in [-0.1, -0.05) is 68.3 Å². The average molecular weight is 361 g/mol. The van der Waals surface area contributed by atoms with Crippen LogP contribution in [0.25, 0.3) is 22.3 Å². The molecular weight excluding hydrogens is 340 g/mol. The Bertz CT molecular complexity index is 951. The minimum Gasteiger partial charge on any atom is -0.203 e. The van der Waals surface area contributed by atoms with Gasteiger partial charge < -0.3 is 0 Å². The lowest BCUT2D eigenvalue weighted by Crippen LogP contribution is -1.94. The molecule has 0 spiro atoms. The molecule has 0 aromatic heterocycles. The summed E-state index contributed by atoms with van der Waals surface area (Å²) in [7, 11) is 0. The predicted molar refractivity (Wildman–Crippen MR) is 105 cm³/mol. The van der Waals surface area contributed by atoms with Gasteiger partial charge in [-0.25, -0.2) is 8.78 Å². The third-order valence-corrected chi connectivity index (χ3v) is 4.74. The molecule has 0 saturated carbocycles. The Labute approximate surface area is 158 Å². The Morgan fingerprint density at radius 1 is 0.741 bits per heavy atom. The van der Waals surface area contributed by atoms with E-state index in [9.17, 15) is 8.78 Å². The van der Waals surface area contributed by atoms with E-state index in [0.717, 1.165) is 12.8 Å². The normalized spacial score (nSPS) is 10.6. The van der Waals surface area contributed by atoms with Gasteiger partial charge in [0.1, 0.15) is 0 Å². The van der Waals surface area contributed by atoms with Gasteiger partial charge in [-0.2, -0.15) is 5.26 Å². The fourth-order valence-corrected chi connectivity index (χ4v) is 3.15. The zero-order chi connectivity index (χ0) is 19.2. The highest BCUT2D eigenvalue weighted by Crippen LogP contribution is 2.31. The molecule has 3 aromatic rings. The zero-order valence-electron chi connectivity index (χ0n) is 15.3. The second-order valence-electron chi connectivity index (χ2n) is 6.63. The van der Waals surface area contributed by atoms with Crippen molar-refractivity contribution in [2.45, 2.75) is 32.6 Å². The largest absolute Gasteiger partial charge is 0.203 e. The summed E-state index contributed by atoms with van der Waals surface area (Å²) in [6, 6.07) is 19.3. The molecule has 0 atom stereocenters. The van der Waals surface area contributed by atoms with Crippen LogP contribution in [-0.4, -0.2) is 0 Å². The minimum atomic E-state index is -0.871. The Morgan fingerprint density at radius 3 is 1.74 bits per heavy atom. The first-order valence-corrected chi connectivity index (χ1v) is 9.22. The summed E-state index contributed by atoms with van der Waals surface area (Å²) in [4.78, 5) is 0. The van der Waals surface area contributed by atoms with Gasteiger partial charge in [0.15, 0.2) is 11.6 Å². The van der Waals surface area contributed by atoms with Gasteiger partial charge in [0, 0.05) is 11.1 Å². The quantitative estimate of drug-likeness (QED) is 0.438. The van der Waals surface area contributed by atoms with Gasteiger partial charge in [0.05, 0.1) is 11.6 Å². The summed E-state index contributed by atoms with van der Waals surface area (Å²) in [6.07, 6.45) is 4.51. The summed E-state index contributed by atoms with van der Waals surface area (Å²) >= 11 is 0. The molecule has 3 aromatic carbocycles. The van der Waals surface area contributed by atoms with Crippen LogP contribution in [0, 0.1) is 23.0 Å². The lowest BCUT2D eigenvalue weighted by molar-refractivity contribution is 0.514. The molecule has 0 N–H and O–H groups in total. The fraction of sp³-hybridized carbons (Fsp3) is 0.208. The summed E-state index contributed by atoms with van der Waals surface area (Å²) in [5, 5.41) is 8.86. The average Bonchev–Trinajstić information content (AvgIpc) is 2.71. The van der Waals surface area contributed by atoms with Crippen molar-refractivity contribution >= 4 is 0 Å². The molecule has 0 fully saturated rings. The van der Waals surface area contributed by atoms with Crippen molar-refractivity contribution in [3.63, 3.8) is 0 Å². The number of hydrogen-bond donors (Lipinski definition) is 0. The van der Waals surface area contributed by atoms with E-state index in [4.69, 9.17) is 5.26 Å². The van der Waals surface area contributed by atoms with Crippen LogP contribution in [0.4, 0.5) is 8.78 Å². The van der Waals surface area contributed by atoms with Crippen molar-refractivity contribution in [2.24, 2.45) is 0 Å². The Hall–Kier alpha value is -2.99. The SMILES string of the molecule is CCCCCc1ccc(-c2ccc(-c3ccc(C#N)cc3)c(F)c2F)cc1. The van der Waals surface area contributed by atoms with Gasteiger partial charge >= 0.3 is 0 Å².